The molecule has 1 N–H and O–H groups in total. The third-order valence-electron chi connectivity index (χ3n) is 3.18. The molecule has 1 amide bonds. The van der Waals surface area contributed by atoms with Crippen LogP contribution in [-0.4, -0.2) is 17.7 Å². The molecule has 0 bridgehead atoms. The molecule has 0 aromatic heterocycles. The first-order chi connectivity index (χ1) is 6.09. The standard InChI is InChI=1S/C10H19NOS/c1-3-10(5-4-6-10)7-11-9(12)8(2)13/h8,13H,3-7H2,1-2H3,(H,11,12). The Hall–Kier alpha value is -0.180. The monoisotopic (exact) mass is 201 g/mol. The lowest BCUT2D eigenvalue weighted by atomic mass is 9.67. The highest BCUT2D eigenvalue weighted by Gasteiger charge is 2.35. The van der Waals surface area contributed by atoms with Gasteiger partial charge in [0.2, 0.25) is 5.91 Å². The van der Waals surface area contributed by atoms with E-state index in [0.29, 0.717) is 5.41 Å². The fourth-order valence-corrected chi connectivity index (χ4v) is 1.85. The van der Waals surface area contributed by atoms with Crippen LogP contribution >= 0.6 is 12.6 Å². The minimum Gasteiger partial charge on any atom is -0.355 e. The molecular weight excluding hydrogens is 182 g/mol. The number of carbonyl (C=O) groups is 1. The summed E-state index contributed by atoms with van der Waals surface area (Å²) in [6.45, 7) is 4.85. The average Bonchev–Trinajstić information content (AvgIpc) is 2.02. The summed E-state index contributed by atoms with van der Waals surface area (Å²) in [7, 11) is 0. The molecule has 0 saturated heterocycles. The van der Waals surface area contributed by atoms with Crippen LogP contribution in [0, 0.1) is 5.41 Å². The Balaban J connectivity index is 2.28. The lowest BCUT2D eigenvalue weighted by Crippen LogP contribution is -2.43. The van der Waals surface area contributed by atoms with Crippen molar-refractivity contribution in [1.29, 1.82) is 0 Å². The molecule has 0 spiro atoms. The lowest BCUT2D eigenvalue weighted by Gasteiger charge is -2.41. The van der Waals surface area contributed by atoms with Crippen LogP contribution < -0.4 is 5.32 Å². The first-order valence-electron chi connectivity index (χ1n) is 5.05. The molecule has 1 unspecified atom stereocenters. The van der Waals surface area contributed by atoms with Crippen LogP contribution in [0.3, 0.4) is 0 Å². The van der Waals surface area contributed by atoms with Crippen molar-refractivity contribution >= 4 is 18.5 Å². The van der Waals surface area contributed by atoms with Gasteiger partial charge in [0.15, 0.2) is 0 Å². The molecule has 1 rings (SSSR count). The Morgan fingerprint density at radius 3 is 2.54 bits per heavy atom. The summed E-state index contributed by atoms with van der Waals surface area (Å²) >= 11 is 4.09. The number of rotatable bonds is 4. The highest BCUT2D eigenvalue weighted by molar-refractivity contribution is 7.81. The van der Waals surface area contributed by atoms with Crippen molar-refractivity contribution in [1.82, 2.24) is 5.32 Å². The second-order valence-corrected chi connectivity index (χ2v) is 4.88. The highest BCUT2D eigenvalue weighted by Crippen LogP contribution is 2.42. The molecule has 2 nitrogen and oxygen atoms in total. The van der Waals surface area contributed by atoms with Crippen molar-refractivity contribution in [2.24, 2.45) is 5.41 Å². The third-order valence-corrected chi connectivity index (χ3v) is 3.42. The Labute approximate surface area is 85.9 Å². The average molecular weight is 201 g/mol. The van der Waals surface area contributed by atoms with E-state index in [4.69, 9.17) is 0 Å². The van der Waals surface area contributed by atoms with Gasteiger partial charge in [-0.25, -0.2) is 0 Å². The molecule has 0 aliphatic heterocycles. The molecule has 0 aromatic rings. The Morgan fingerprint density at radius 2 is 2.23 bits per heavy atom. The van der Waals surface area contributed by atoms with Crippen LogP contribution in [0.5, 0.6) is 0 Å². The molecule has 1 atom stereocenters. The number of amides is 1. The number of carbonyl (C=O) groups excluding carboxylic acids is 1. The zero-order chi connectivity index (χ0) is 9.90. The maximum atomic E-state index is 11.3. The van der Waals surface area contributed by atoms with E-state index < -0.39 is 0 Å². The fourth-order valence-electron chi connectivity index (χ4n) is 1.75. The zero-order valence-corrected chi connectivity index (χ0v) is 9.36. The van der Waals surface area contributed by atoms with Crippen LogP contribution in [0.25, 0.3) is 0 Å². The Bertz CT molecular complexity index is 182. The summed E-state index contributed by atoms with van der Waals surface area (Å²) in [5.74, 6) is 0.0584. The van der Waals surface area contributed by atoms with Gasteiger partial charge in [-0.05, 0) is 31.6 Å². The van der Waals surface area contributed by atoms with Gasteiger partial charge in [0.1, 0.15) is 0 Å². The molecule has 0 heterocycles. The number of hydrogen-bond donors (Lipinski definition) is 2. The largest absolute Gasteiger partial charge is 0.355 e. The van der Waals surface area contributed by atoms with Crippen LogP contribution in [0.4, 0.5) is 0 Å². The Morgan fingerprint density at radius 1 is 1.62 bits per heavy atom. The van der Waals surface area contributed by atoms with E-state index in [1.807, 2.05) is 0 Å². The summed E-state index contributed by atoms with van der Waals surface area (Å²) < 4.78 is 0. The van der Waals surface area contributed by atoms with E-state index in [-0.39, 0.29) is 11.2 Å². The fraction of sp³-hybridized carbons (Fsp3) is 0.900. The van der Waals surface area contributed by atoms with Gasteiger partial charge in [-0.1, -0.05) is 13.3 Å². The van der Waals surface area contributed by atoms with Gasteiger partial charge in [-0.2, -0.15) is 12.6 Å². The molecular formula is C10H19NOS. The summed E-state index contributed by atoms with van der Waals surface area (Å²) in [5.41, 5.74) is 0.415. The minimum absolute atomic E-state index is 0.0584. The summed E-state index contributed by atoms with van der Waals surface area (Å²) in [6, 6.07) is 0. The van der Waals surface area contributed by atoms with E-state index in [2.05, 4.69) is 24.9 Å². The van der Waals surface area contributed by atoms with E-state index in [0.717, 1.165) is 6.54 Å². The van der Waals surface area contributed by atoms with Gasteiger partial charge in [0.05, 0.1) is 5.25 Å². The predicted octanol–water partition coefficient (Wildman–Crippen LogP) is 2.00. The number of hydrogen-bond acceptors (Lipinski definition) is 2. The zero-order valence-electron chi connectivity index (χ0n) is 8.47. The molecule has 1 aliphatic carbocycles. The van der Waals surface area contributed by atoms with Crippen molar-refractivity contribution in [3.63, 3.8) is 0 Å². The van der Waals surface area contributed by atoms with E-state index in [1.54, 1.807) is 6.92 Å². The van der Waals surface area contributed by atoms with Gasteiger partial charge in [-0.3, -0.25) is 4.79 Å². The molecule has 0 radical (unpaired) electrons. The SMILES string of the molecule is CCC1(CNC(=O)C(C)S)CCC1. The van der Waals surface area contributed by atoms with E-state index in [9.17, 15) is 4.79 Å². The second kappa shape index (κ2) is 4.36. The smallest absolute Gasteiger partial charge is 0.232 e. The first kappa shape index (κ1) is 10.9. The molecule has 1 aliphatic rings. The van der Waals surface area contributed by atoms with Crippen molar-refractivity contribution in [2.45, 2.75) is 44.8 Å². The molecule has 3 heteroatoms. The van der Waals surface area contributed by atoms with Crippen LogP contribution in [-0.2, 0) is 4.79 Å². The number of nitrogens with one attached hydrogen (secondary N) is 1. The number of thiol groups is 1. The van der Waals surface area contributed by atoms with Crippen LogP contribution in [0.1, 0.15) is 39.5 Å². The van der Waals surface area contributed by atoms with E-state index >= 15 is 0 Å². The first-order valence-corrected chi connectivity index (χ1v) is 5.57. The van der Waals surface area contributed by atoms with Gasteiger partial charge in [0, 0.05) is 6.54 Å². The maximum Gasteiger partial charge on any atom is 0.232 e. The molecule has 1 fully saturated rings. The summed E-state index contributed by atoms with van der Waals surface area (Å²) in [4.78, 5) is 11.3. The predicted molar refractivity (Wildman–Crippen MR) is 58.0 cm³/mol. The highest BCUT2D eigenvalue weighted by atomic mass is 32.1. The lowest BCUT2D eigenvalue weighted by molar-refractivity contribution is -0.121. The molecule has 1 saturated carbocycles. The summed E-state index contributed by atoms with van der Waals surface area (Å²) in [5, 5.41) is 2.77. The van der Waals surface area contributed by atoms with E-state index in [1.165, 1.54) is 25.7 Å². The Kier molecular flexibility index (Phi) is 3.65. The minimum atomic E-state index is -0.186. The van der Waals surface area contributed by atoms with Crippen molar-refractivity contribution in [3.8, 4) is 0 Å². The van der Waals surface area contributed by atoms with Gasteiger partial charge in [-0.15, -0.1) is 0 Å². The van der Waals surface area contributed by atoms with Crippen molar-refractivity contribution in [2.75, 3.05) is 6.54 Å². The molecule has 13 heavy (non-hydrogen) atoms. The quantitative estimate of drug-likeness (QED) is 0.669. The van der Waals surface area contributed by atoms with Crippen molar-refractivity contribution in [3.05, 3.63) is 0 Å². The molecule has 0 aromatic carbocycles. The van der Waals surface area contributed by atoms with Crippen LogP contribution in [0.2, 0.25) is 0 Å². The second-order valence-electron chi connectivity index (χ2n) is 4.10. The van der Waals surface area contributed by atoms with Gasteiger partial charge >= 0.3 is 0 Å². The van der Waals surface area contributed by atoms with Gasteiger partial charge < -0.3 is 5.32 Å². The van der Waals surface area contributed by atoms with Gasteiger partial charge in [0.25, 0.3) is 0 Å². The topological polar surface area (TPSA) is 29.1 Å². The molecule has 76 valence electrons. The van der Waals surface area contributed by atoms with Crippen LogP contribution in [0.15, 0.2) is 0 Å². The third kappa shape index (κ3) is 2.63. The normalized spacial score (nSPS) is 21.8. The summed E-state index contributed by atoms with van der Waals surface area (Å²) in [6.07, 6.45) is 5.03. The van der Waals surface area contributed by atoms with Crippen molar-refractivity contribution < 1.29 is 4.79 Å². The maximum absolute atomic E-state index is 11.3.